The van der Waals surface area contributed by atoms with Crippen LogP contribution in [-0.4, -0.2) is 24.5 Å². The number of nitrogens with two attached hydrogens (primary N) is 1. The van der Waals surface area contributed by atoms with Crippen molar-refractivity contribution in [3.05, 3.63) is 34.9 Å². The maximum Gasteiger partial charge on any atom is 0.0473 e. The van der Waals surface area contributed by atoms with E-state index >= 15 is 0 Å². The van der Waals surface area contributed by atoms with E-state index in [0.29, 0.717) is 12.6 Å². The Morgan fingerprint density at radius 1 is 1.11 bits per heavy atom. The van der Waals surface area contributed by atoms with Crippen LogP contribution in [0, 0.1) is 13.8 Å². The highest BCUT2D eigenvalue weighted by Gasteiger charge is 2.19. The minimum Gasteiger partial charge on any atom is -0.329 e. The molecule has 1 rings (SSSR count). The lowest BCUT2D eigenvalue weighted by Gasteiger charge is -2.31. The standard InChI is InChI=1S/C16H28N2/c1-5-9-18(10-6-2)16(12-17)15-8-7-13(3)11-14(15)4/h7-8,11,16H,5-6,9-10,12,17H2,1-4H3. The van der Waals surface area contributed by atoms with Crippen molar-refractivity contribution in [3.63, 3.8) is 0 Å². The zero-order valence-electron chi connectivity index (χ0n) is 12.4. The van der Waals surface area contributed by atoms with Gasteiger partial charge in [-0.1, -0.05) is 37.6 Å². The molecule has 0 aliphatic carbocycles. The highest BCUT2D eigenvalue weighted by atomic mass is 15.2. The molecule has 102 valence electrons. The number of aryl methyl sites for hydroxylation is 2. The summed E-state index contributed by atoms with van der Waals surface area (Å²) in [6.07, 6.45) is 2.36. The van der Waals surface area contributed by atoms with Crippen molar-refractivity contribution in [1.82, 2.24) is 4.90 Å². The predicted octanol–water partition coefficient (Wildman–Crippen LogP) is 3.43. The number of rotatable bonds is 7. The lowest BCUT2D eigenvalue weighted by atomic mass is 9.97. The number of hydrogen-bond donors (Lipinski definition) is 1. The molecule has 0 saturated heterocycles. The van der Waals surface area contributed by atoms with Crippen LogP contribution in [0.15, 0.2) is 18.2 Å². The van der Waals surface area contributed by atoms with Gasteiger partial charge in [0.15, 0.2) is 0 Å². The average Bonchev–Trinajstić information content (AvgIpc) is 2.33. The van der Waals surface area contributed by atoms with Gasteiger partial charge in [-0.2, -0.15) is 0 Å². The van der Waals surface area contributed by atoms with Crippen LogP contribution in [0.25, 0.3) is 0 Å². The van der Waals surface area contributed by atoms with Crippen LogP contribution in [0.4, 0.5) is 0 Å². The van der Waals surface area contributed by atoms with Crippen LogP contribution in [-0.2, 0) is 0 Å². The first-order valence-corrected chi connectivity index (χ1v) is 7.15. The fourth-order valence-electron chi connectivity index (χ4n) is 2.67. The maximum atomic E-state index is 6.03. The van der Waals surface area contributed by atoms with Crippen molar-refractivity contribution in [3.8, 4) is 0 Å². The van der Waals surface area contributed by atoms with Crippen molar-refractivity contribution in [2.24, 2.45) is 5.73 Å². The van der Waals surface area contributed by atoms with Gasteiger partial charge in [0.05, 0.1) is 0 Å². The molecule has 0 heterocycles. The zero-order valence-corrected chi connectivity index (χ0v) is 12.4. The topological polar surface area (TPSA) is 29.3 Å². The molecule has 1 atom stereocenters. The summed E-state index contributed by atoms with van der Waals surface area (Å²) in [6.45, 7) is 11.8. The largest absolute Gasteiger partial charge is 0.329 e. The molecule has 2 heteroatoms. The van der Waals surface area contributed by atoms with E-state index in [0.717, 1.165) is 13.1 Å². The summed E-state index contributed by atoms with van der Waals surface area (Å²) in [7, 11) is 0. The normalized spacial score (nSPS) is 13.0. The lowest BCUT2D eigenvalue weighted by Crippen LogP contribution is -2.35. The predicted molar refractivity (Wildman–Crippen MR) is 79.9 cm³/mol. The molecule has 0 aliphatic rings. The van der Waals surface area contributed by atoms with Gasteiger partial charge in [0, 0.05) is 12.6 Å². The third-order valence-corrected chi connectivity index (χ3v) is 3.47. The Labute approximate surface area is 112 Å². The summed E-state index contributed by atoms with van der Waals surface area (Å²) >= 11 is 0. The summed E-state index contributed by atoms with van der Waals surface area (Å²) in [4.78, 5) is 2.53. The fourth-order valence-corrected chi connectivity index (χ4v) is 2.67. The van der Waals surface area contributed by atoms with E-state index in [4.69, 9.17) is 5.73 Å². The molecule has 0 saturated carbocycles. The van der Waals surface area contributed by atoms with Gasteiger partial charge < -0.3 is 5.73 Å². The second kappa shape index (κ2) is 7.55. The second-order valence-corrected chi connectivity index (χ2v) is 5.15. The van der Waals surface area contributed by atoms with E-state index in [1.165, 1.54) is 29.5 Å². The SMILES string of the molecule is CCCN(CCC)C(CN)c1ccc(C)cc1C. The van der Waals surface area contributed by atoms with Crippen molar-refractivity contribution in [2.75, 3.05) is 19.6 Å². The highest BCUT2D eigenvalue weighted by molar-refractivity contribution is 5.33. The summed E-state index contributed by atoms with van der Waals surface area (Å²) in [6, 6.07) is 7.07. The zero-order chi connectivity index (χ0) is 13.5. The van der Waals surface area contributed by atoms with E-state index in [1.54, 1.807) is 0 Å². The molecule has 2 nitrogen and oxygen atoms in total. The van der Waals surface area contributed by atoms with E-state index in [9.17, 15) is 0 Å². The first-order chi connectivity index (χ1) is 8.63. The van der Waals surface area contributed by atoms with Crippen LogP contribution >= 0.6 is 0 Å². The van der Waals surface area contributed by atoms with Crippen molar-refractivity contribution < 1.29 is 0 Å². The molecule has 0 aromatic heterocycles. The van der Waals surface area contributed by atoms with Crippen LogP contribution in [0.2, 0.25) is 0 Å². The van der Waals surface area contributed by atoms with Gasteiger partial charge >= 0.3 is 0 Å². The summed E-state index contributed by atoms with van der Waals surface area (Å²) in [5.41, 5.74) is 10.1. The van der Waals surface area contributed by atoms with E-state index in [2.05, 4.69) is 50.8 Å². The molecule has 0 fully saturated rings. The number of nitrogens with zero attached hydrogens (tertiary/aromatic N) is 1. The van der Waals surface area contributed by atoms with Gasteiger partial charge in [0.1, 0.15) is 0 Å². The third-order valence-electron chi connectivity index (χ3n) is 3.47. The molecule has 0 radical (unpaired) electrons. The first kappa shape index (κ1) is 15.2. The van der Waals surface area contributed by atoms with Crippen molar-refractivity contribution in [2.45, 2.75) is 46.6 Å². The number of hydrogen-bond acceptors (Lipinski definition) is 2. The van der Waals surface area contributed by atoms with Gasteiger partial charge in [-0.25, -0.2) is 0 Å². The smallest absolute Gasteiger partial charge is 0.0473 e. The van der Waals surface area contributed by atoms with E-state index < -0.39 is 0 Å². The van der Waals surface area contributed by atoms with Gasteiger partial charge in [0.2, 0.25) is 0 Å². The molecule has 0 bridgehead atoms. The van der Waals surface area contributed by atoms with E-state index in [-0.39, 0.29) is 0 Å². The number of benzene rings is 1. The minimum atomic E-state index is 0.366. The highest BCUT2D eigenvalue weighted by Crippen LogP contribution is 2.24. The summed E-state index contributed by atoms with van der Waals surface area (Å²) in [5, 5.41) is 0. The third kappa shape index (κ3) is 3.82. The van der Waals surface area contributed by atoms with Crippen LogP contribution in [0.5, 0.6) is 0 Å². The Kier molecular flexibility index (Phi) is 6.37. The molecule has 0 amide bonds. The van der Waals surface area contributed by atoms with Gasteiger partial charge in [-0.05, 0) is 50.9 Å². The monoisotopic (exact) mass is 248 g/mol. The Morgan fingerprint density at radius 3 is 2.17 bits per heavy atom. The first-order valence-electron chi connectivity index (χ1n) is 7.15. The Balaban J connectivity index is 2.98. The fraction of sp³-hybridized carbons (Fsp3) is 0.625. The molecule has 2 N–H and O–H groups in total. The Bertz CT molecular complexity index is 354. The quantitative estimate of drug-likeness (QED) is 0.801. The molecule has 0 spiro atoms. The molecule has 1 aromatic rings. The molecule has 1 aromatic carbocycles. The van der Waals surface area contributed by atoms with Crippen LogP contribution in [0.1, 0.15) is 49.4 Å². The molecule has 0 aliphatic heterocycles. The minimum absolute atomic E-state index is 0.366. The molecule has 1 unspecified atom stereocenters. The van der Waals surface area contributed by atoms with E-state index in [1.807, 2.05) is 0 Å². The molecular formula is C16H28N2. The van der Waals surface area contributed by atoms with Crippen molar-refractivity contribution in [1.29, 1.82) is 0 Å². The van der Waals surface area contributed by atoms with Crippen LogP contribution < -0.4 is 5.73 Å². The maximum absolute atomic E-state index is 6.03. The average molecular weight is 248 g/mol. The Morgan fingerprint density at radius 2 is 1.72 bits per heavy atom. The van der Waals surface area contributed by atoms with Gasteiger partial charge in [-0.15, -0.1) is 0 Å². The lowest BCUT2D eigenvalue weighted by molar-refractivity contribution is 0.201. The molecule has 18 heavy (non-hydrogen) atoms. The van der Waals surface area contributed by atoms with Gasteiger partial charge in [-0.3, -0.25) is 4.90 Å². The molecular weight excluding hydrogens is 220 g/mol. The van der Waals surface area contributed by atoms with Crippen LogP contribution in [0.3, 0.4) is 0 Å². The Hall–Kier alpha value is -0.860. The van der Waals surface area contributed by atoms with Gasteiger partial charge in [0.25, 0.3) is 0 Å². The summed E-state index contributed by atoms with van der Waals surface area (Å²) in [5.74, 6) is 0. The summed E-state index contributed by atoms with van der Waals surface area (Å²) < 4.78 is 0. The van der Waals surface area contributed by atoms with Crippen molar-refractivity contribution >= 4 is 0 Å². The second-order valence-electron chi connectivity index (χ2n) is 5.15.